The third kappa shape index (κ3) is 2.12. The van der Waals surface area contributed by atoms with Crippen LogP contribution in [0.3, 0.4) is 0 Å². The summed E-state index contributed by atoms with van der Waals surface area (Å²) in [6.07, 6.45) is 5.57. The van der Waals surface area contributed by atoms with Crippen LogP contribution < -0.4 is 0 Å². The van der Waals surface area contributed by atoms with Crippen molar-refractivity contribution >= 4 is 28.8 Å². The molecule has 0 fully saturated rings. The number of aryl methyl sites for hydroxylation is 2. The third-order valence-electron chi connectivity index (χ3n) is 2.80. The van der Waals surface area contributed by atoms with Crippen molar-refractivity contribution in [3.63, 3.8) is 0 Å². The number of fused-ring (bicyclic) bond motifs is 1. The fourth-order valence-corrected chi connectivity index (χ4v) is 2.18. The summed E-state index contributed by atoms with van der Waals surface area (Å²) in [4.78, 5) is 10.3. The Kier molecular flexibility index (Phi) is 3.30. The molecule has 0 spiro atoms. The summed E-state index contributed by atoms with van der Waals surface area (Å²) in [7, 11) is 2.02. The van der Waals surface area contributed by atoms with Gasteiger partial charge in [0.05, 0.1) is 0 Å². The molecule has 3 heteroatoms. The predicted molar refractivity (Wildman–Crippen MR) is 66.9 cm³/mol. The molecule has 84 valence electrons. The first-order valence-corrected chi connectivity index (χ1v) is 5.77. The van der Waals surface area contributed by atoms with Crippen molar-refractivity contribution in [2.45, 2.75) is 19.3 Å². The molecule has 0 N–H and O–H groups in total. The highest BCUT2D eigenvalue weighted by atomic mass is 35.5. The lowest BCUT2D eigenvalue weighted by Gasteiger charge is -1.97. The van der Waals surface area contributed by atoms with E-state index in [0.717, 1.165) is 29.7 Å². The lowest BCUT2D eigenvalue weighted by Crippen LogP contribution is -1.85. The second-order valence-corrected chi connectivity index (χ2v) is 4.42. The van der Waals surface area contributed by atoms with E-state index in [9.17, 15) is 4.79 Å². The van der Waals surface area contributed by atoms with Gasteiger partial charge in [-0.3, -0.25) is 0 Å². The molecule has 2 rings (SSSR count). The van der Waals surface area contributed by atoms with Crippen LogP contribution in [0.25, 0.3) is 10.9 Å². The lowest BCUT2D eigenvalue weighted by atomic mass is 10.1. The van der Waals surface area contributed by atoms with E-state index in [2.05, 4.69) is 10.8 Å². The fraction of sp³-hybridized carbons (Fsp3) is 0.308. The molecule has 0 aliphatic rings. The van der Waals surface area contributed by atoms with Crippen LogP contribution in [-0.2, 0) is 18.3 Å². The van der Waals surface area contributed by atoms with Crippen molar-refractivity contribution in [3.05, 3.63) is 35.0 Å². The number of carbonyl (C=O) groups excluding carboxylic acids is 1. The van der Waals surface area contributed by atoms with Gasteiger partial charge >= 0.3 is 0 Å². The second kappa shape index (κ2) is 4.71. The first-order chi connectivity index (χ1) is 7.72. The van der Waals surface area contributed by atoms with Crippen LogP contribution in [0.2, 0.25) is 5.02 Å². The van der Waals surface area contributed by atoms with E-state index in [4.69, 9.17) is 11.6 Å². The van der Waals surface area contributed by atoms with Gasteiger partial charge in [0.2, 0.25) is 0 Å². The Balaban J connectivity index is 2.35. The standard InChI is InChI=1S/C13H14ClNO/c1-15-9-10(4-2-3-7-16)12-6-5-11(14)8-13(12)15/h5-9H,2-4H2,1H3. The largest absolute Gasteiger partial charge is 0.350 e. The maximum absolute atomic E-state index is 10.3. The summed E-state index contributed by atoms with van der Waals surface area (Å²) in [6.45, 7) is 0. The predicted octanol–water partition coefficient (Wildman–Crippen LogP) is 3.35. The van der Waals surface area contributed by atoms with E-state index in [1.807, 2.05) is 25.2 Å². The van der Waals surface area contributed by atoms with E-state index < -0.39 is 0 Å². The van der Waals surface area contributed by atoms with Crippen molar-refractivity contribution in [3.8, 4) is 0 Å². The van der Waals surface area contributed by atoms with Crippen LogP contribution in [0, 0.1) is 0 Å². The number of hydrogen-bond donors (Lipinski definition) is 0. The summed E-state index contributed by atoms with van der Waals surface area (Å²) in [5.74, 6) is 0. The van der Waals surface area contributed by atoms with Crippen LogP contribution >= 0.6 is 11.6 Å². The van der Waals surface area contributed by atoms with E-state index in [1.165, 1.54) is 10.9 Å². The zero-order chi connectivity index (χ0) is 11.5. The zero-order valence-electron chi connectivity index (χ0n) is 9.24. The molecule has 0 bridgehead atoms. The number of carbonyl (C=O) groups is 1. The Labute approximate surface area is 99.8 Å². The SMILES string of the molecule is Cn1cc(CCCC=O)c2ccc(Cl)cc21. The molecular weight excluding hydrogens is 222 g/mol. The molecule has 0 atom stereocenters. The van der Waals surface area contributed by atoms with E-state index in [1.54, 1.807) is 0 Å². The summed E-state index contributed by atoms with van der Waals surface area (Å²) < 4.78 is 2.08. The minimum absolute atomic E-state index is 0.629. The van der Waals surface area contributed by atoms with Crippen LogP contribution in [0.4, 0.5) is 0 Å². The van der Waals surface area contributed by atoms with Gasteiger partial charge in [-0.1, -0.05) is 17.7 Å². The summed E-state index contributed by atoms with van der Waals surface area (Å²) in [5.41, 5.74) is 2.43. The zero-order valence-corrected chi connectivity index (χ0v) is 10.00. The molecule has 2 aromatic rings. The van der Waals surface area contributed by atoms with Crippen LogP contribution in [0.5, 0.6) is 0 Å². The van der Waals surface area contributed by atoms with Gasteiger partial charge in [-0.15, -0.1) is 0 Å². The van der Waals surface area contributed by atoms with Gasteiger partial charge in [0.15, 0.2) is 0 Å². The Morgan fingerprint density at radius 2 is 2.25 bits per heavy atom. The van der Waals surface area contributed by atoms with Gasteiger partial charge in [-0.2, -0.15) is 0 Å². The van der Waals surface area contributed by atoms with Crippen LogP contribution in [-0.4, -0.2) is 10.9 Å². The molecule has 1 aromatic heterocycles. The fourth-order valence-electron chi connectivity index (χ4n) is 2.02. The van der Waals surface area contributed by atoms with Crippen molar-refractivity contribution in [2.75, 3.05) is 0 Å². The number of hydrogen-bond acceptors (Lipinski definition) is 1. The van der Waals surface area contributed by atoms with Crippen molar-refractivity contribution < 1.29 is 4.79 Å². The smallest absolute Gasteiger partial charge is 0.120 e. The Hall–Kier alpha value is -1.28. The highest BCUT2D eigenvalue weighted by Gasteiger charge is 2.06. The van der Waals surface area contributed by atoms with Gasteiger partial charge in [0.25, 0.3) is 0 Å². The van der Waals surface area contributed by atoms with Crippen molar-refractivity contribution in [1.29, 1.82) is 0 Å². The first-order valence-electron chi connectivity index (χ1n) is 5.39. The third-order valence-corrected chi connectivity index (χ3v) is 3.04. The molecule has 0 radical (unpaired) electrons. The lowest BCUT2D eigenvalue weighted by molar-refractivity contribution is -0.107. The van der Waals surface area contributed by atoms with E-state index >= 15 is 0 Å². The quantitative estimate of drug-likeness (QED) is 0.588. The molecular formula is C13H14ClNO. The number of benzene rings is 1. The maximum atomic E-state index is 10.3. The Morgan fingerprint density at radius 1 is 1.44 bits per heavy atom. The summed E-state index contributed by atoms with van der Waals surface area (Å²) in [5, 5.41) is 1.99. The highest BCUT2D eigenvalue weighted by Crippen LogP contribution is 2.25. The molecule has 0 saturated heterocycles. The van der Waals surface area contributed by atoms with Gasteiger partial charge in [0.1, 0.15) is 6.29 Å². The maximum Gasteiger partial charge on any atom is 0.120 e. The molecule has 1 heterocycles. The molecule has 0 aliphatic carbocycles. The number of nitrogens with zero attached hydrogens (tertiary/aromatic N) is 1. The minimum Gasteiger partial charge on any atom is -0.350 e. The molecule has 0 aliphatic heterocycles. The molecule has 0 saturated carbocycles. The average molecular weight is 236 g/mol. The number of unbranched alkanes of at least 4 members (excludes halogenated alkanes) is 1. The van der Waals surface area contributed by atoms with Crippen molar-refractivity contribution in [2.24, 2.45) is 7.05 Å². The summed E-state index contributed by atoms with van der Waals surface area (Å²) >= 11 is 5.97. The average Bonchev–Trinajstić information content (AvgIpc) is 2.56. The summed E-state index contributed by atoms with van der Waals surface area (Å²) in [6, 6.07) is 5.93. The van der Waals surface area contributed by atoms with Gasteiger partial charge in [-0.05, 0) is 30.5 Å². The molecule has 1 aromatic carbocycles. The van der Waals surface area contributed by atoms with Gasteiger partial charge in [-0.25, -0.2) is 0 Å². The Bertz CT molecular complexity index is 516. The number of rotatable bonds is 4. The minimum atomic E-state index is 0.629. The normalized spacial score (nSPS) is 10.9. The molecule has 16 heavy (non-hydrogen) atoms. The van der Waals surface area contributed by atoms with Crippen LogP contribution in [0.1, 0.15) is 18.4 Å². The first kappa shape index (κ1) is 11.2. The topological polar surface area (TPSA) is 22.0 Å². The monoisotopic (exact) mass is 235 g/mol. The van der Waals surface area contributed by atoms with Gasteiger partial charge in [0, 0.05) is 35.6 Å². The van der Waals surface area contributed by atoms with E-state index in [-0.39, 0.29) is 0 Å². The van der Waals surface area contributed by atoms with Gasteiger partial charge < -0.3 is 9.36 Å². The molecule has 0 unspecified atom stereocenters. The number of aromatic nitrogens is 1. The molecule has 0 amide bonds. The van der Waals surface area contributed by atoms with Crippen LogP contribution in [0.15, 0.2) is 24.4 Å². The Morgan fingerprint density at radius 3 is 3.00 bits per heavy atom. The number of halogens is 1. The van der Waals surface area contributed by atoms with E-state index in [0.29, 0.717) is 6.42 Å². The second-order valence-electron chi connectivity index (χ2n) is 3.99. The number of aldehydes is 1. The highest BCUT2D eigenvalue weighted by molar-refractivity contribution is 6.31. The van der Waals surface area contributed by atoms with Crippen molar-refractivity contribution in [1.82, 2.24) is 4.57 Å². The molecule has 2 nitrogen and oxygen atoms in total.